The number of rotatable bonds is 3. The lowest BCUT2D eigenvalue weighted by molar-refractivity contribution is -0.111. The molecule has 18 heavy (non-hydrogen) atoms. The van der Waals surface area contributed by atoms with Crippen LogP contribution in [-0.2, 0) is 4.79 Å². The van der Waals surface area contributed by atoms with Crippen LogP contribution in [0.4, 0.5) is 5.69 Å². The zero-order valence-electron chi connectivity index (χ0n) is 10.6. The van der Waals surface area contributed by atoms with Gasteiger partial charge in [-0.15, -0.1) is 0 Å². The van der Waals surface area contributed by atoms with Crippen LogP contribution in [0.1, 0.15) is 43.6 Å². The van der Waals surface area contributed by atoms with Crippen molar-refractivity contribution in [3.8, 4) is 0 Å². The van der Waals surface area contributed by atoms with E-state index in [4.69, 9.17) is 0 Å². The van der Waals surface area contributed by atoms with E-state index in [1.165, 1.54) is 43.7 Å². The summed E-state index contributed by atoms with van der Waals surface area (Å²) in [5.74, 6) is 0.575. The van der Waals surface area contributed by atoms with Crippen LogP contribution in [0.3, 0.4) is 0 Å². The first kappa shape index (κ1) is 11.5. The number of nitrogens with one attached hydrogen (secondary N) is 1. The van der Waals surface area contributed by atoms with Crippen LogP contribution in [0, 0.1) is 5.41 Å². The van der Waals surface area contributed by atoms with Crippen LogP contribution < -0.4 is 5.32 Å². The third-order valence-electron chi connectivity index (χ3n) is 4.76. The molecule has 2 aliphatic rings. The molecule has 1 atom stereocenters. The van der Waals surface area contributed by atoms with Gasteiger partial charge in [-0.05, 0) is 60.8 Å². The maximum absolute atomic E-state index is 11.3. The fourth-order valence-corrected chi connectivity index (χ4v) is 3.47. The van der Waals surface area contributed by atoms with Gasteiger partial charge in [0.1, 0.15) is 0 Å². The molecular formula is C16H19NO. The summed E-state index contributed by atoms with van der Waals surface area (Å²) < 4.78 is 0. The van der Waals surface area contributed by atoms with Gasteiger partial charge in [0, 0.05) is 5.69 Å². The van der Waals surface area contributed by atoms with Gasteiger partial charge in [-0.2, -0.15) is 0 Å². The van der Waals surface area contributed by atoms with E-state index < -0.39 is 0 Å². The number of carbonyl (C=O) groups is 1. The Kier molecular flexibility index (Phi) is 2.73. The Balaban J connectivity index is 1.78. The summed E-state index contributed by atoms with van der Waals surface area (Å²) in [7, 11) is 0. The molecule has 2 aliphatic carbocycles. The van der Waals surface area contributed by atoms with E-state index in [0.717, 1.165) is 5.69 Å². The average molecular weight is 241 g/mol. The first-order valence-electron chi connectivity index (χ1n) is 6.77. The lowest BCUT2D eigenvalue weighted by atomic mass is 9.48. The molecule has 0 saturated heterocycles. The van der Waals surface area contributed by atoms with Gasteiger partial charge in [0.15, 0.2) is 0 Å². The molecule has 1 aromatic carbocycles. The van der Waals surface area contributed by atoms with Crippen LogP contribution in [0.15, 0.2) is 36.9 Å². The normalized spacial score (nSPS) is 23.9. The molecule has 0 aromatic heterocycles. The summed E-state index contributed by atoms with van der Waals surface area (Å²) in [6.45, 7) is 3.48. The van der Waals surface area contributed by atoms with Crippen LogP contribution in [-0.4, -0.2) is 5.91 Å². The molecule has 0 heterocycles. The molecule has 2 saturated carbocycles. The van der Waals surface area contributed by atoms with E-state index in [1.54, 1.807) is 0 Å². The van der Waals surface area contributed by atoms with Crippen molar-refractivity contribution >= 4 is 11.6 Å². The molecule has 1 amide bonds. The highest BCUT2D eigenvalue weighted by Crippen LogP contribution is 2.63. The summed E-state index contributed by atoms with van der Waals surface area (Å²) in [5, 5.41) is 2.84. The second-order valence-corrected chi connectivity index (χ2v) is 5.63. The topological polar surface area (TPSA) is 29.1 Å². The van der Waals surface area contributed by atoms with E-state index in [0.29, 0.717) is 11.3 Å². The maximum atomic E-state index is 11.3. The maximum Gasteiger partial charge on any atom is 0.247 e. The number of amides is 1. The van der Waals surface area contributed by atoms with Gasteiger partial charge in [0.05, 0.1) is 0 Å². The van der Waals surface area contributed by atoms with Gasteiger partial charge in [-0.1, -0.05) is 25.1 Å². The minimum absolute atomic E-state index is 0.140. The Labute approximate surface area is 108 Å². The summed E-state index contributed by atoms with van der Waals surface area (Å²) in [6, 6.07) is 8.31. The van der Waals surface area contributed by atoms with Gasteiger partial charge in [0.2, 0.25) is 5.91 Å². The van der Waals surface area contributed by atoms with Crippen LogP contribution in [0.25, 0.3) is 0 Å². The van der Waals surface area contributed by atoms with E-state index in [-0.39, 0.29) is 5.91 Å². The fourth-order valence-electron chi connectivity index (χ4n) is 3.47. The first-order chi connectivity index (χ1) is 8.73. The SMILES string of the molecule is C=CC(=O)Nc1cccc(C2CCC23CCC3)c1. The van der Waals surface area contributed by atoms with Gasteiger partial charge >= 0.3 is 0 Å². The molecular weight excluding hydrogens is 222 g/mol. The zero-order valence-corrected chi connectivity index (χ0v) is 10.6. The Morgan fingerprint density at radius 1 is 1.39 bits per heavy atom. The number of hydrogen-bond donors (Lipinski definition) is 1. The van der Waals surface area contributed by atoms with E-state index in [1.807, 2.05) is 12.1 Å². The number of anilines is 1. The lowest BCUT2D eigenvalue weighted by Crippen LogP contribution is -2.43. The van der Waals surface area contributed by atoms with Crippen molar-refractivity contribution < 1.29 is 4.79 Å². The van der Waals surface area contributed by atoms with Crippen molar-refractivity contribution in [1.29, 1.82) is 0 Å². The first-order valence-corrected chi connectivity index (χ1v) is 6.77. The van der Waals surface area contributed by atoms with Gasteiger partial charge in [0.25, 0.3) is 0 Å². The molecule has 2 nitrogen and oxygen atoms in total. The van der Waals surface area contributed by atoms with Crippen LogP contribution >= 0.6 is 0 Å². The molecule has 1 unspecified atom stereocenters. The second-order valence-electron chi connectivity index (χ2n) is 5.63. The van der Waals surface area contributed by atoms with Crippen LogP contribution in [0.5, 0.6) is 0 Å². The van der Waals surface area contributed by atoms with E-state index >= 15 is 0 Å². The summed E-state index contributed by atoms with van der Waals surface area (Å²) in [6.07, 6.45) is 8.18. The predicted octanol–water partition coefficient (Wildman–Crippen LogP) is 3.86. The summed E-state index contributed by atoms with van der Waals surface area (Å²) in [4.78, 5) is 11.3. The minimum atomic E-state index is -0.140. The van der Waals surface area contributed by atoms with Gasteiger partial charge < -0.3 is 5.32 Å². The van der Waals surface area contributed by atoms with Crippen molar-refractivity contribution in [3.63, 3.8) is 0 Å². The Morgan fingerprint density at radius 3 is 2.78 bits per heavy atom. The van der Waals surface area contributed by atoms with E-state index in [2.05, 4.69) is 24.0 Å². The highest BCUT2D eigenvalue weighted by Gasteiger charge is 2.50. The Bertz CT molecular complexity index is 482. The molecule has 1 spiro atoms. The van der Waals surface area contributed by atoms with Crippen molar-refractivity contribution in [2.45, 2.75) is 38.0 Å². The largest absolute Gasteiger partial charge is 0.323 e. The van der Waals surface area contributed by atoms with Gasteiger partial charge in [-0.25, -0.2) is 0 Å². The van der Waals surface area contributed by atoms with Crippen molar-refractivity contribution in [1.82, 2.24) is 0 Å². The number of hydrogen-bond acceptors (Lipinski definition) is 1. The molecule has 1 N–H and O–H groups in total. The van der Waals surface area contributed by atoms with E-state index in [9.17, 15) is 4.79 Å². The zero-order chi connectivity index (χ0) is 12.6. The predicted molar refractivity (Wildman–Crippen MR) is 73.5 cm³/mol. The highest BCUT2D eigenvalue weighted by molar-refractivity contribution is 5.98. The molecule has 0 radical (unpaired) electrons. The van der Waals surface area contributed by atoms with Crippen LogP contribution in [0.2, 0.25) is 0 Å². The molecule has 3 rings (SSSR count). The summed E-state index contributed by atoms with van der Waals surface area (Å²) >= 11 is 0. The Morgan fingerprint density at radius 2 is 2.22 bits per heavy atom. The smallest absolute Gasteiger partial charge is 0.247 e. The van der Waals surface area contributed by atoms with Crippen molar-refractivity contribution in [2.75, 3.05) is 5.32 Å². The van der Waals surface area contributed by atoms with Gasteiger partial charge in [-0.3, -0.25) is 4.79 Å². The highest BCUT2D eigenvalue weighted by atomic mass is 16.1. The average Bonchev–Trinajstić information content (AvgIpc) is 2.26. The molecule has 0 aliphatic heterocycles. The monoisotopic (exact) mass is 241 g/mol. The third-order valence-corrected chi connectivity index (χ3v) is 4.76. The number of carbonyl (C=O) groups excluding carboxylic acids is 1. The molecule has 1 aromatic rings. The standard InChI is InChI=1S/C16H19NO/c1-2-15(18)17-13-6-3-5-12(11-13)14-7-10-16(14)8-4-9-16/h2-3,5-6,11,14H,1,4,7-10H2,(H,17,18). The quantitative estimate of drug-likeness (QED) is 0.800. The molecule has 94 valence electrons. The molecule has 2 heteroatoms. The third kappa shape index (κ3) is 1.76. The second kappa shape index (κ2) is 4.27. The van der Waals surface area contributed by atoms with Crippen molar-refractivity contribution in [2.24, 2.45) is 5.41 Å². The lowest BCUT2D eigenvalue weighted by Gasteiger charge is -2.56. The minimum Gasteiger partial charge on any atom is -0.323 e. The molecule has 2 fully saturated rings. The van der Waals surface area contributed by atoms with Crippen molar-refractivity contribution in [3.05, 3.63) is 42.5 Å². The number of benzene rings is 1. The molecule has 0 bridgehead atoms. The Hall–Kier alpha value is -1.57. The summed E-state index contributed by atoms with van der Waals surface area (Å²) in [5.41, 5.74) is 2.89. The fraction of sp³-hybridized carbons (Fsp3) is 0.438.